The first kappa shape index (κ1) is 15.7. The van der Waals surface area contributed by atoms with Crippen molar-refractivity contribution >= 4 is 32.5 Å². The van der Waals surface area contributed by atoms with Gasteiger partial charge in [-0.3, -0.25) is 4.31 Å². The van der Waals surface area contributed by atoms with Crippen molar-refractivity contribution in [1.29, 1.82) is 0 Å². The summed E-state index contributed by atoms with van der Waals surface area (Å²) in [6, 6.07) is 17.5. The van der Waals surface area contributed by atoms with Gasteiger partial charge in [0, 0.05) is 5.39 Å². The Balaban J connectivity index is 1.66. The number of rotatable bonds is 3. The molecule has 0 spiro atoms. The summed E-state index contributed by atoms with van der Waals surface area (Å²) in [6.07, 6.45) is 0. The summed E-state index contributed by atoms with van der Waals surface area (Å²) in [5, 5.41) is 1.47. The van der Waals surface area contributed by atoms with Gasteiger partial charge >= 0.3 is 5.97 Å². The second kappa shape index (κ2) is 5.60. The molecule has 3 aromatic rings. The Morgan fingerprint density at radius 3 is 2.40 bits per heavy atom. The molecule has 0 atom stereocenters. The minimum atomic E-state index is -3.76. The number of hydrogen-bond donors (Lipinski definition) is 0. The topological polar surface area (TPSA) is 63.7 Å². The van der Waals surface area contributed by atoms with Crippen molar-refractivity contribution in [3.63, 3.8) is 0 Å². The molecule has 25 heavy (non-hydrogen) atoms. The molecule has 1 heterocycles. The number of anilines is 1. The fraction of sp³-hybridized carbons (Fsp3) is 0.105. The standard InChI is InChI=1S/C19H15NO4S/c1-13-8-10-15(11-9-13)24-18(21)12-20-16-6-2-4-14-5-3-7-17(19(14)16)25(20,22)23/h2-11H,12H2,1H3. The number of benzene rings is 3. The summed E-state index contributed by atoms with van der Waals surface area (Å²) in [4.78, 5) is 12.5. The molecule has 0 N–H and O–H groups in total. The largest absolute Gasteiger partial charge is 0.425 e. The first-order valence-corrected chi connectivity index (χ1v) is 9.23. The Bertz CT molecular complexity index is 1080. The lowest BCUT2D eigenvalue weighted by Crippen LogP contribution is -2.34. The van der Waals surface area contributed by atoms with Gasteiger partial charge in [0.15, 0.2) is 0 Å². The zero-order chi connectivity index (χ0) is 17.6. The van der Waals surface area contributed by atoms with Crippen molar-refractivity contribution < 1.29 is 17.9 Å². The van der Waals surface area contributed by atoms with Crippen molar-refractivity contribution in [2.45, 2.75) is 11.8 Å². The predicted molar refractivity (Wildman–Crippen MR) is 95.3 cm³/mol. The van der Waals surface area contributed by atoms with Crippen LogP contribution in [-0.4, -0.2) is 20.9 Å². The lowest BCUT2D eigenvalue weighted by molar-refractivity contribution is -0.132. The van der Waals surface area contributed by atoms with E-state index >= 15 is 0 Å². The highest BCUT2D eigenvalue weighted by molar-refractivity contribution is 7.93. The van der Waals surface area contributed by atoms with Gasteiger partial charge in [0.05, 0.1) is 10.6 Å². The SMILES string of the molecule is Cc1ccc(OC(=O)CN2c3cccc4cccc(c34)S2(=O)=O)cc1. The minimum Gasteiger partial charge on any atom is -0.425 e. The van der Waals surface area contributed by atoms with Crippen LogP contribution >= 0.6 is 0 Å². The van der Waals surface area contributed by atoms with E-state index in [1.165, 1.54) is 0 Å². The van der Waals surface area contributed by atoms with Gasteiger partial charge in [0.1, 0.15) is 12.3 Å². The Hall–Kier alpha value is -2.86. The fourth-order valence-electron chi connectivity index (χ4n) is 3.02. The molecule has 0 saturated carbocycles. The van der Waals surface area contributed by atoms with E-state index in [0.717, 1.165) is 15.3 Å². The van der Waals surface area contributed by atoms with Crippen molar-refractivity contribution in [2.75, 3.05) is 10.8 Å². The van der Waals surface area contributed by atoms with Crippen LogP contribution in [0.1, 0.15) is 5.56 Å². The van der Waals surface area contributed by atoms with Gasteiger partial charge in [-0.2, -0.15) is 0 Å². The van der Waals surface area contributed by atoms with Crippen LogP contribution in [0.15, 0.2) is 65.6 Å². The van der Waals surface area contributed by atoms with E-state index in [-0.39, 0.29) is 11.4 Å². The summed E-state index contributed by atoms with van der Waals surface area (Å²) < 4.78 is 32.0. The molecule has 0 aromatic heterocycles. The molecule has 4 rings (SSSR count). The Morgan fingerprint density at radius 2 is 1.68 bits per heavy atom. The van der Waals surface area contributed by atoms with E-state index in [4.69, 9.17) is 4.74 Å². The molecule has 0 radical (unpaired) electrons. The molecule has 0 saturated heterocycles. The van der Waals surface area contributed by atoms with Crippen LogP contribution in [0.4, 0.5) is 5.69 Å². The van der Waals surface area contributed by atoms with Crippen molar-refractivity contribution in [1.82, 2.24) is 0 Å². The third-order valence-corrected chi connectivity index (χ3v) is 6.01. The maximum Gasteiger partial charge on any atom is 0.332 e. The minimum absolute atomic E-state index is 0.226. The van der Waals surface area contributed by atoms with E-state index in [1.54, 1.807) is 36.4 Å². The third-order valence-electron chi connectivity index (χ3n) is 4.21. The summed E-state index contributed by atoms with van der Waals surface area (Å²) in [5.41, 5.74) is 1.55. The molecule has 126 valence electrons. The maximum absolute atomic E-state index is 12.8. The number of sulfonamides is 1. The molecule has 0 unspecified atom stereocenters. The van der Waals surface area contributed by atoms with Crippen LogP contribution in [0, 0.1) is 6.92 Å². The Kier molecular flexibility index (Phi) is 3.51. The number of aryl methyl sites for hydroxylation is 1. The Labute approximate surface area is 145 Å². The number of nitrogens with zero attached hydrogens (tertiary/aromatic N) is 1. The van der Waals surface area contributed by atoms with Gasteiger partial charge in [-0.25, -0.2) is 13.2 Å². The first-order chi connectivity index (χ1) is 12.0. The second-order valence-electron chi connectivity index (χ2n) is 5.93. The molecule has 0 bridgehead atoms. The first-order valence-electron chi connectivity index (χ1n) is 7.79. The van der Waals surface area contributed by atoms with Crippen LogP contribution in [0.2, 0.25) is 0 Å². The number of esters is 1. The van der Waals surface area contributed by atoms with Gasteiger partial charge in [-0.15, -0.1) is 0 Å². The zero-order valence-electron chi connectivity index (χ0n) is 13.5. The quantitative estimate of drug-likeness (QED) is 0.535. The lowest BCUT2D eigenvalue weighted by atomic mass is 10.1. The summed E-state index contributed by atoms with van der Waals surface area (Å²) in [5.74, 6) is -0.236. The average Bonchev–Trinajstić information content (AvgIpc) is 2.81. The molecular weight excluding hydrogens is 338 g/mol. The monoisotopic (exact) mass is 353 g/mol. The molecule has 5 nitrogen and oxygen atoms in total. The van der Waals surface area contributed by atoms with Crippen molar-refractivity contribution in [2.24, 2.45) is 0 Å². The number of ether oxygens (including phenoxy) is 1. The molecule has 0 fully saturated rings. The van der Waals surface area contributed by atoms with Crippen LogP contribution in [-0.2, 0) is 14.8 Å². The van der Waals surface area contributed by atoms with Crippen LogP contribution in [0.25, 0.3) is 10.8 Å². The van der Waals surface area contributed by atoms with Crippen LogP contribution in [0.3, 0.4) is 0 Å². The smallest absolute Gasteiger partial charge is 0.332 e. The molecular formula is C19H15NO4S. The van der Waals surface area contributed by atoms with E-state index < -0.39 is 16.0 Å². The van der Waals surface area contributed by atoms with E-state index in [0.29, 0.717) is 16.8 Å². The average molecular weight is 353 g/mol. The highest BCUT2D eigenvalue weighted by Gasteiger charge is 2.37. The molecule has 0 aliphatic carbocycles. The van der Waals surface area contributed by atoms with Crippen LogP contribution < -0.4 is 9.04 Å². The van der Waals surface area contributed by atoms with E-state index in [2.05, 4.69) is 0 Å². The normalized spacial score (nSPS) is 14.7. The molecule has 0 amide bonds. The van der Waals surface area contributed by atoms with E-state index in [9.17, 15) is 13.2 Å². The van der Waals surface area contributed by atoms with Gasteiger partial charge in [0.2, 0.25) is 0 Å². The van der Waals surface area contributed by atoms with Crippen molar-refractivity contribution in [3.05, 3.63) is 66.2 Å². The fourth-order valence-corrected chi connectivity index (χ4v) is 4.67. The third kappa shape index (κ3) is 2.55. The van der Waals surface area contributed by atoms with Crippen molar-refractivity contribution in [3.8, 4) is 5.75 Å². The highest BCUT2D eigenvalue weighted by atomic mass is 32.2. The number of carbonyl (C=O) groups is 1. The maximum atomic E-state index is 12.8. The molecule has 3 aromatic carbocycles. The lowest BCUT2D eigenvalue weighted by Gasteiger charge is -2.17. The van der Waals surface area contributed by atoms with Gasteiger partial charge in [0.25, 0.3) is 10.0 Å². The number of hydrogen-bond acceptors (Lipinski definition) is 4. The summed E-state index contributed by atoms with van der Waals surface area (Å²) >= 11 is 0. The molecule has 6 heteroatoms. The molecule has 1 aliphatic heterocycles. The van der Waals surface area contributed by atoms with Gasteiger partial charge in [-0.1, -0.05) is 42.0 Å². The summed E-state index contributed by atoms with van der Waals surface area (Å²) in [6.45, 7) is 1.56. The summed E-state index contributed by atoms with van der Waals surface area (Å²) in [7, 11) is -3.76. The highest BCUT2D eigenvalue weighted by Crippen LogP contribution is 2.41. The van der Waals surface area contributed by atoms with Crippen LogP contribution in [0.5, 0.6) is 5.75 Å². The second-order valence-corrected chi connectivity index (χ2v) is 7.76. The van der Waals surface area contributed by atoms with Gasteiger partial charge in [-0.05, 0) is 36.6 Å². The van der Waals surface area contributed by atoms with E-state index in [1.807, 2.05) is 31.2 Å². The van der Waals surface area contributed by atoms with Gasteiger partial charge < -0.3 is 4.74 Å². The molecule has 1 aliphatic rings. The Morgan fingerprint density at radius 1 is 1.00 bits per heavy atom. The zero-order valence-corrected chi connectivity index (χ0v) is 14.3. The number of carbonyl (C=O) groups excluding carboxylic acids is 1. The predicted octanol–water partition coefficient (Wildman–Crippen LogP) is 3.26.